The molecule has 0 aliphatic rings. The first-order valence-corrected chi connectivity index (χ1v) is 10.2. The van der Waals surface area contributed by atoms with Gasteiger partial charge in [0.15, 0.2) is 0 Å². The first-order chi connectivity index (χ1) is 13.7. The zero-order valence-corrected chi connectivity index (χ0v) is 17.8. The summed E-state index contributed by atoms with van der Waals surface area (Å²) in [5, 5.41) is 14.2. The molecule has 2 amide bonds. The molecule has 29 heavy (non-hydrogen) atoms. The SMILES string of the molecule is CC(=O)N(C)c1ccc(NC(=O)c2ccc(SCCC(C)C)c([N+](=O)[O-])c2)cc1. The number of carbonyl (C=O) groups is 2. The standard InChI is InChI=1S/C21H25N3O4S/c1-14(2)11-12-29-20-10-5-16(13-19(20)24(27)28)21(26)22-17-6-8-18(9-7-17)23(4)15(3)25/h5-10,13-14H,11-12H2,1-4H3,(H,22,26). The van der Waals surface area contributed by atoms with Gasteiger partial charge in [0, 0.05) is 37.0 Å². The molecular formula is C21H25N3O4S. The van der Waals surface area contributed by atoms with Crippen LogP contribution in [0.1, 0.15) is 37.6 Å². The van der Waals surface area contributed by atoms with Gasteiger partial charge in [-0.3, -0.25) is 19.7 Å². The van der Waals surface area contributed by atoms with Crippen molar-refractivity contribution < 1.29 is 14.5 Å². The predicted octanol–water partition coefficient (Wildman–Crippen LogP) is 4.97. The monoisotopic (exact) mass is 415 g/mol. The third-order valence-corrected chi connectivity index (χ3v) is 5.45. The number of hydrogen-bond acceptors (Lipinski definition) is 5. The van der Waals surface area contributed by atoms with E-state index in [1.54, 1.807) is 43.4 Å². The summed E-state index contributed by atoms with van der Waals surface area (Å²) >= 11 is 1.43. The maximum Gasteiger partial charge on any atom is 0.283 e. The normalized spacial score (nSPS) is 10.7. The van der Waals surface area contributed by atoms with Crippen molar-refractivity contribution in [3.63, 3.8) is 0 Å². The fourth-order valence-corrected chi connectivity index (χ4v) is 3.74. The summed E-state index contributed by atoms with van der Waals surface area (Å²) in [6.45, 7) is 5.67. The Kier molecular flexibility index (Phi) is 7.78. The predicted molar refractivity (Wildman–Crippen MR) is 117 cm³/mol. The van der Waals surface area contributed by atoms with E-state index in [4.69, 9.17) is 0 Å². The van der Waals surface area contributed by atoms with E-state index >= 15 is 0 Å². The highest BCUT2D eigenvalue weighted by Gasteiger charge is 2.18. The average molecular weight is 416 g/mol. The van der Waals surface area contributed by atoms with E-state index in [1.165, 1.54) is 29.7 Å². The van der Waals surface area contributed by atoms with Gasteiger partial charge in [-0.2, -0.15) is 0 Å². The van der Waals surface area contributed by atoms with Crippen LogP contribution in [-0.2, 0) is 4.79 Å². The van der Waals surface area contributed by atoms with Crippen molar-refractivity contribution in [2.75, 3.05) is 23.0 Å². The van der Waals surface area contributed by atoms with Crippen LogP contribution in [0.3, 0.4) is 0 Å². The Bertz CT molecular complexity index is 897. The van der Waals surface area contributed by atoms with Crippen LogP contribution in [0.2, 0.25) is 0 Å². The van der Waals surface area contributed by atoms with Gasteiger partial charge in [-0.25, -0.2) is 0 Å². The van der Waals surface area contributed by atoms with Gasteiger partial charge in [0.2, 0.25) is 5.91 Å². The zero-order valence-electron chi connectivity index (χ0n) is 17.0. The van der Waals surface area contributed by atoms with Gasteiger partial charge in [-0.05, 0) is 54.5 Å². The molecule has 0 unspecified atom stereocenters. The molecule has 7 nitrogen and oxygen atoms in total. The molecule has 0 radical (unpaired) electrons. The summed E-state index contributed by atoms with van der Waals surface area (Å²) in [5.41, 5.74) is 1.39. The highest BCUT2D eigenvalue weighted by molar-refractivity contribution is 7.99. The minimum atomic E-state index is -0.457. The summed E-state index contributed by atoms with van der Waals surface area (Å²) in [5.74, 6) is 0.777. The lowest BCUT2D eigenvalue weighted by Gasteiger charge is -2.15. The van der Waals surface area contributed by atoms with Gasteiger partial charge < -0.3 is 10.2 Å². The molecule has 2 aromatic rings. The fourth-order valence-electron chi connectivity index (χ4n) is 2.48. The number of amides is 2. The van der Waals surface area contributed by atoms with Crippen LogP contribution in [0, 0.1) is 16.0 Å². The van der Waals surface area contributed by atoms with Crippen molar-refractivity contribution in [3.05, 3.63) is 58.1 Å². The first-order valence-electron chi connectivity index (χ1n) is 9.26. The average Bonchev–Trinajstić information content (AvgIpc) is 2.67. The van der Waals surface area contributed by atoms with Gasteiger partial charge in [-0.1, -0.05) is 13.8 Å². The Morgan fingerprint density at radius 2 is 1.83 bits per heavy atom. The first kappa shape index (κ1) is 22.4. The number of nitro benzene ring substituents is 1. The largest absolute Gasteiger partial charge is 0.322 e. The van der Waals surface area contributed by atoms with Gasteiger partial charge >= 0.3 is 0 Å². The molecule has 0 heterocycles. The summed E-state index contributed by atoms with van der Waals surface area (Å²) in [4.78, 5) is 37.0. The molecule has 2 rings (SSSR count). The number of nitrogens with one attached hydrogen (secondary N) is 1. The van der Waals surface area contributed by atoms with Crippen LogP contribution in [0.25, 0.3) is 0 Å². The Hall–Kier alpha value is -2.87. The second-order valence-electron chi connectivity index (χ2n) is 7.05. The minimum absolute atomic E-state index is 0.0650. The molecule has 1 N–H and O–H groups in total. The lowest BCUT2D eigenvalue weighted by Crippen LogP contribution is -2.22. The second-order valence-corrected chi connectivity index (χ2v) is 8.19. The van der Waals surface area contributed by atoms with Gasteiger partial charge in [0.25, 0.3) is 11.6 Å². The molecule has 0 fully saturated rings. The smallest absolute Gasteiger partial charge is 0.283 e. The maximum absolute atomic E-state index is 12.5. The molecular weight excluding hydrogens is 390 g/mol. The topological polar surface area (TPSA) is 92.6 Å². The lowest BCUT2D eigenvalue weighted by molar-refractivity contribution is -0.387. The Labute approximate surface area is 174 Å². The second kappa shape index (κ2) is 10.1. The van der Waals surface area contributed by atoms with Crippen LogP contribution in [0.5, 0.6) is 0 Å². The van der Waals surface area contributed by atoms with E-state index in [1.807, 2.05) is 0 Å². The number of thioether (sulfide) groups is 1. The van der Waals surface area contributed by atoms with Crippen LogP contribution in [0.15, 0.2) is 47.4 Å². The number of anilines is 2. The number of carbonyl (C=O) groups excluding carboxylic acids is 2. The van der Waals surface area contributed by atoms with Crippen LogP contribution >= 0.6 is 11.8 Å². The molecule has 154 valence electrons. The Morgan fingerprint density at radius 1 is 1.17 bits per heavy atom. The van der Waals surface area contributed by atoms with Gasteiger partial charge in [0.1, 0.15) is 0 Å². The molecule has 8 heteroatoms. The molecule has 0 bridgehead atoms. The van der Waals surface area contributed by atoms with E-state index in [0.717, 1.165) is 12.2 Å². The maximum atomic E-state index is 12.5. The molecule has 0 saturated heterocycles. The van der Waals surface area contributed by atoms with E-state index in [-0.39, 0.29) is 17.2 Å². The van der Waals surface area contributed by atoms with Crippen molar-refractivity contribution in [2.24, 2.45) is 5.92 Å². The molecule has 0 saturated carbocycles. The lowest BCUT2D eigenvalue weighted by atomic mass is 10.1. The molecule has 0 spiro atoms. The van der Waals surface area contributed by atoms with E-state index in [0.29, 0.717) is 22.2 Å². The highest BCUT2D eigenvalue weighted by atomic mass is 32.2. The molecule has 0 aliphatic carbocycles. The number of rotatable bonds is 8. The highest BCUT2D eigenvalue weighted by Crippen LogP contribution is 2.31. The Morgan fingerprint density at radius 3 is 2.38 bits per heavy atom. The summed E-state index contributed by atoms with van der Waals surface area (Å²) in [7, 11) is 1.66. The quantitative estimate of drug-likeness (QED) is 0.373. The van der Waals surface area contributed by atoms with Crippen molar-refractivity contribution in [3.8, 4) is 0 Å². The molecule has 0 aliphatic heterocycles. The molecule has 0 aromatic heterocycles. The summed E-state index contributed by atoms with van der Waals surface area (Å²) < 4.78 is 0. The molecule has 2 aromatic carbocycles. The fraction of sp³-hybridized carbons (Fsp3) is 0.333. The van der Waals surface area contributed by atoms with Crippen LogP contribution in [0.4, 0.5) is 17.1 Å². The Balaban J connectivity index is 2.13. The third-order valence-electron chi connectivity index (χ3n) is 4.36. The number of hydrogen-bond donors (Lipinski definition) is 1. The zero-order chi connectivity index (χ0) is 21.6. The van der Waals surface area contributed by atoms with Crippen LogP contribution < -0.4 is 10.2 Å². The summed E-state index contributed by atoms with van der Waals surface area (Å²) in [6, 6.07) is 11.3. The van der Waals surface area contributed by atoms with Gasteiger partial charge in [0.05, 0.1) is 9.82 Å². The number of nitrogens with zero attached hydrogens (tertiary/aromatic N) is 2. The third kappa shape index (κ3) is 6.32. The number of nitro groups is 1. The molecule has 0 atom stereocenters. The van der Waals surface area contributed by atoms with Crippen molar-refractivity contribution in [2.45, 2.75) is 32.1 Å². The summed E-state index contributed by atoms with van der Waals surface area (Å²) in [6.07, 6.45) is 0.957. The van der Waals surface area contributed by atoms with Gasteiger partial charge in [-0.15, -0.1) is 11.8 Å². The minimum Gasteiger partial charge on any atom is -0.322 e. The van der Waals surface area contributed by atoms with Crippen molar-refractivity contribution in [1.29, 1.82) is 0 Å². The number of benzene rings is 2. The van der Waals surface area contributed by atoms with E-state index < -0.39 is 10.8 Å². The van der Waals surface area contributed by atoms with E-state index in [9.17, 15) is 19.7 Å². The van der Waals surface area contributed by atoms with E-state index in [2.05, 4.69) is 19.2 Å². The van der Waals surface area contributed by atoms with Crippen molar-refractivity contribution in [1.82, 2.24) is 0 Å². The van der Waals surface area contributed by atoms with Crippen LogP contribution in [-0.4, -0.2) is 29.5 Å². The van der Waals surface area contributed by atoms with Crippen molar-refractivity contribution >= 4 is 40.6 Å².